The quantitative estimate of drug-likeness (QED) is 0.205. The van der Waals surface area contributed by atoms with Gasteiger partial charge in [-0.25, -0.2) is 19.2 Å². The molecule has 0 bridgehead atoms. The van der Waals surface area contributed by atoms with Gasteiger partial charge in [0.25, 0.3) is 0 Å². The summed E-state index contributed by atoms with van der Waals surface area (Å²) in [5.41, 5.74) is 7.54. The molecular formula is C34H32N6O3. The summed E-state index contributed by atoms with van der Waals surface area (Å²) in [5, 5.41) is 9.65. The van der Waals surface area contributed by atoms with E-state index in [0.29, 0.717) is 29.1 Å². The lowest BCUT2D eigenvalue weighted by Gasteiger charge is -2.26. The first-order chi connectivity index (χ1) is 20.9. The standard InChI is InChI=1S/C34H32N6O3/c1-20(2)26-16-11-21(3)17-27(26)42-18-28-36-32-31-30(23-12-14-25(41-5)15-13-23)29-22(4)37-40(24-9-7-6-8-10-24)34(29)43-33(31)35-19-39(32)38-28/h6-17,19-20,30H,18H2,1-5H3. The van der Waals surface area contributed by atoms with Gasteiger partial charge in [-0.2, -0.15) is 5.10 Å². The van der Waals surface area contributed by atoms with E-state index < -0.39 is 0 Å². The SMILES string of the molecule is COc1ccc(C2c3c(C)nn(-c4ccccc4)c3Oc3ncn4nc(COc5cc(C)ccc5C(C)C)nc4c32)cc1. The van der Waals surface area contributed by atoms with E-state index in [1.807, 2.05) is 54.1 Å². The van der Waals surface area contributed by atoms with E-state index in [-0.39, 0.29) is 12.5 Å². The summed E-state index contributed by atoms with van der Waals surface area (Å²) in [4.78, 5) is 9.68. The van der Waals surface area contributed by atoms with E-state index in [9.17, 15) is 0 Å². The van der Waals surface area contributed by atoms with Gasteiger partial charge in [0.05, 0.1) is 35.5 Å². The fraction of sp³-hybridized carbons (Fsp3) is 0.235. The van der Waals surface area contributed by atoms with Gasteiger partial charge in [-0.3, -0.25) is 0 Å². The van der Waals surface area contributed by atoms with Crippen molar-refractivity contribution in [1.29, 1.82) is 0 Å². The Morgan fingerprint density at radius 3 is 2.47 bits per heavy atom. The number of benzene rings is 3. The van der Waals surface area contributed by atoms with Gasteiger partial charge in [0.1, 0.15) is 24.4 Å². The summed E-state index contributed by atoms with van der Waals surface area (Å²) < 4.78 is 21.8. The van der Waals surface area contributed by atoms with Gasteiger partial charge >= 0.3 is 0 Å². The first-order valence-electron chi connectivity index (χ1n) is 14.4. The minimum absolute atomic E-state index is 0.226. The summed E-state index contributed by atoms with van der Waals surface area (Å²) in [6.07, 6.45) is 1.64. The van der Waals surface area contributed by atoms with E-state index in [1.165, 1.54) is 0 Å². The van der Waals surface area contributed by atoms with Crippen LogP contribution in [0.25, 0.3) is 11.3 Å². The Hall–Kier alpha value is -5.18. The fourth-order valence-corrected chi connectivity index (χ4v) is 5.74. The van der Waals surface area contributed by atoms with E-state index in [0.717, 1.165) is 50.7 Å². The van der Waals surface area contributed by atoms with Crippen molar-refractivity contribution in [2.75, 3.05) is 7.11 Å². The van der Waals surface area contributed by atoms with E-state index in [2.05, 4.69) is 51.1 Å². The number of hydrogen-bond acceptors (Lipinski definition) is 7. The number of rotatable bonds is 7. The maximum Gasteiger partial charge on any atom is 0.230 e. The fourth-order valence-electron chi connectivity index (χ4n) is 5.74. The Bertz CT molecular complexity index is 1940. The second kappa shape index (κ2) is 10.6. The zero-order valence-electron chi connectivity index (χ0n) is 24.8. The van der Waals surface area contributed by atoms with E-state index in [1.54, 1.807) is 18.0 Å². The highest BCUT2D eigenvalue weighted by atomic mass is 16.5. The lowest BCUT2D eigenvalue weighted by atomic mass is 9.84. The molecule has 1 unspecified atom stereocenters. The number of nitrogens with zero attached hydrogens (tertiary/aromatic N) is 6. The number of ether oxygens (including phenoxy) is 3. The molecule has 9 heteroatoms. The van der Waals surface area contributed by atoms with Crippen LogP contribution in [0.15, 0.2) is 79.1 Å². The smallest absolute Gasteiger partial charge is 0.230 e. The number of fused-ring (bicyclic) bond motifs is 4. The molecule has 216 valence electrons. The van der Waals surface area contributed by atoms with Crippen molar-refractivity contribution >= 4 is 5.65 Å². The molecule has 3 aromatic heterocycles. The third-order valence-corrected chi connectivity index (χ3v) is 7.86. The molecule has 0 aliphatic carbocycles. The molecular weight excluding hydrogens is 540 g/mol. The Kier molecular flexibility index (Phi) is 6.57. The predicted octanol–water partition coefficient (Wildman–Crippen LogP) is 6.92. The highest BCUT2D eigenvalue weighted by Crippen LogP contribution is 2.49. The monoisotopic (exact) mass is 572 g/mol. The molecule has 43 heavy (non-hydrogen) atoms. The van der Waals surface area contributed by atoms with Crippen molar-refractivity contribution < 1.29 is 14.2 Å². The largest absolute Gasteiger partial charge is 0.497 e. The molecule has 0 saturated heterocycles. The Morgan fingerprint density at radius 2 is 1.72 bits per heavy atom. The van der Waals surface area contributed by atoms with Crippen molar-refractivity contribution in [2.45, 2.75) is 46.1 Å². The summed E-state index contributed by atoms with van der Waals surface area (Å²) in [6, 6.07) is 24.3. The van der Waals surface area contributed by atoms with Crippen LogP contribution >= 0.6 is 0 Å². The lowest BCUT2D eigenvalue weighted by molar-refractivity contribution is 0.291. The molecule has 0 spiro atoms. The molecule has 4 heterocycles. The number of methoxy groups -OCH3 is 1. The summed E-state index contributed by atoms with van der Waals surface area (Å²) in [7, 11) is 1.67. The van der Waals surface area contributed by atoms with Gasteiger partial charge in [0, 0.05) is 0 Å². The first kappa shape index (κ1) is 26.7. The first-order valence-corrected chi connectivity index (χ1v) is 14.4. The number of hydrogen-bond donors (Lipinski definition) is 0. The van der Waals surface area contributed by atoms with Crippen LogP contribution in [0.5, 0.6) is 23.3 Å². The topological polar surface area (TPSA) is 88.6 Å². The van der Waals surface area contributed by atoms with Crippen molar-refractivity contribution in [1.82, 2.24) is 29.4 Å². The number of aromatic nitrogens is 6. The van der Waals surface area contributed by atoms with Crippen LogP contribution in [-0.2, 0) is 6.61 Å². The lowest BCUT2D eigenvalue weighted by Crippen LogP contribution is -2.16. The average Bonchev–Trinajstić information content (AvgIpc) is 3.60. The Labute approximate surface area is 249 Å². The Balaban J connectivity index is 1.35. The molecule has 1 aliphatic heterocycles. The van der Waals surface area contributed by atoms with Crippen LogP contribution in [0.2, 0.25) is 0 Å². The average molecular weight is 573 g/mol. The van der Waals surface area contributed by atoms with Crippen molar-refractivity contribution in [3.8, 4) is 28.9 Å². The van der Waals surface area contributed by atoms with Crippen LogP contribution in [-0.4, -0.2) is 36.5 Å². The molecule has 0 fully saturated rings. The summed E-state index contributed by atoms with van der Waals surface area (Å²) >= 11 is 0. The molecule has 1 atom stereocenters. The summed E-state index contributed by atoms with van der Waals surface area (Å²) in [6.45, 7) is 8.62. The second-order valence-electron chi connectivity index (χ2n) is 11.1. The third kappa shape index (κ3) is 4.67. The number of para-hydroxylation sites is 1. The van der Waals surface area contributed by atoms with Gasteiger partial charge in [0.15, 0.2) is 11.5 Å². The van der Waals surface area contributed by atoms with Gasteiger partial charge in [-0.05, 0) is 66.8 Å². The zero-order valence-corrected chi connectivity index (χ0v) is 24.8. The Morgan fingerprint density at radius 1 is 0.930 bits per heavy atom. The third-order valence-electron chi connectivity index (χ3n) is 7.86. The van der Waals surface area contributed by atoms with Crippen LogP contribution in [0.4, 0.5) is 0 Å². The summed E-state index contributed by atoms with van der Waals surface area (Å²) in [5.74, 6) is 3.38. The molecule has 1 aliphatic rings. The minimum atomic E-state index is -0.249. The molecule has 9 nitrogen and oxygen atoms in total. The van der Waals surface area contributed by atoms with Crippen LogP contribution in [0.3, 0.4) is 0 Å². The molecule has 0 saturated carbocycles. The van der Waals surface area contributed by atoms with Gasteiger partial charge in [-0.15, -0.1) is 5.10 Å². The van der Waals surface area contributed by atoms with Crippen LogP contribution < -0.4 is 14.2 Å². The predicted molar refractivity (Wildman–Crippen MR) is 163 cm³/mol. The molecule has 6 aromatic rings. The van der Waals surface area contributed by atoms with Crippen LogP contribution in [0, 0.1) is 13.8 Å². The van der Waals surface area contributed by atoms with Gasteiger partial charge in [-0.1, -0.05) is 56.3 Å². The van der Waals surface area contributed by atoms with E-state index in [4.69, 9.17) is 34.4 Å². The van der Waals surface area contributed by atoms with Crippen molar-refractivity contribution in [3.63, 3.8) is 0 Å². The van der Waals surface area contributed by atoms with Crippen molar-refractivity contribution in [3.05, 3.63) is 118 Å². The van der Waals surface area contributed by atoms with Crippen molar-refractivity contribution in [2.24, 2.45) is 0 Å². The minimum Gasteiger partial charge on any atom is -0.497 e. The maximum atomic E-state index is 6.53. The number of aryl methyl sites for hydroxylation is 2. The molecule has 0 radical (unpaired) electrons. The van der Waals surface area contributed by atoms with Gasteiger partial charge in [0.2, 0.25) is 11.8 Å². The zero-order chi connectivity index (χ0) is 29.7. The van der Waals surface area contributed by atoms with Gasteiger partial charge < -0.3 is 14.2 Å². The molecule has 0 N–H and O–H groups in total. The van der Waals surface area contributed by atoms with Crippen LogP contribution in [0.1, 0.15) is 65.0 Å². The molecule has 3 aromatic carbocycles. The highest BCUT2D eigenvalue weighted by Gasteiger charge is 2.38. The normalized spacial score (nSPS) is 14.0. The van der Waals surface area contributed by atoms with E-state index >= 15 is 0 Å². The molecule has 0 amide bonds. The second-order valence-corrected chi connectivity index (χ2v) is 11.1. The maximum absolute atomic E-state index is 6.53. The molecule has 7 rings (SSSR count). The highest BCUT2D eigenvalue weighted by molar-refractivity contribution is 5.66.